The van der Waals surface area contributed by atoms with Crippen molar-refractivity contribution in [3.05, 3.63) is 111 Å². The third-order valence-electron chi connectivity index (χ3n) is 7.24. The van der Waals surface area contributed by atoms with E-state index >= 15 is 0 Å². The topological polar surface area (TPSA) is 167 Å². The summed E-state index contributed by atoms with van der Waals surface area (Å²) in [7, 11) is 0. The Morgan fingerprint density at radius 2 is 1.79 bits per heavy atom. The second-order valence-electron chi connectivity index (χ2n) is 11.9. The number of nitrogens with zero attached hydrogens (tertiary/aromatic N) is 4. The molecule has 1 aliphatic rings. The number of halogens is 1. The number of azide groups is 1. The fourth-order valence-electron chi connectivity index (χ4n) is 5.04. The smallest absolute Gasteiger partial charge is 0.306 e. The standard InChI is InChI=1S/C34H39ClN6O6/c1-33(2,3)47-29(43)17-18-34(32(44)40-37-22-25-10-5-7-12-28(25)35)30(27-11-6-4-9-24(27)21-38-41-36)46-31(39-34)23-13-15-26(16-14-23)45-20-8-19-42/h4-7,9-16,30,37,42H,8,17-22H2,1-3H3,(H,40,44)/t30-,34-/m0/s1. The molecule has 3 aromatic carbocycles. The Labute approximate surface area is 278 Å². The predicted octanol–water partition coefficient (Wildman–Crippen LogP) is 6.11. The maximum atomic E-state index is 14.4. The molecule has 0 radical (unpaired) electrons. The van der Waals surface area contributed by atoms with E-state index in [9.17, 15) is 9.59 Å². The van der Waals surface area contributed by atoms with E-state index < -0.39 is 29.1 Å². The first-order valence-corrected chi connectivity index (χ1v) is 15.6. The normalized spacial score (nSPS) is 17.2. The first-order chi connectivity index (χ1) is 22.6. The van der Waals surface area contributed by atoms with Crippen LogP contribution in [0.15, 0.2) is 82.9 Å². The molecule has 0 aromatic heterocycles. The van der Waals surface area contributed by atoms with Crippen LogP contribution >= 0.6 is 11.6 Å². The fraction of sp³-hybridized carbons (Fsp3) is 0.382. The minimum absolute atomic E-state index is 0.0102. The van der Waals surface area contributed by atoms with Gasteiger partial charge in [0.25, 0.3) is 5.91 Å². The summed E-state index contributed by atoms with van der Waals surface area (Å²) in [6, 6.07) is 21.4. The molecule has 2 atom stereocenters. The average Bonchev–Trinajstić information content (AvgIpc) is 3.44. The lowest BCUT2D eigenvalue weighted by Gasteiger charge is -2.32. The number of hydrogen-bond donors (Lipinski definition) is 3. The summed E-state index contributed by atoms with van der Waals surface area (Å²) in [4.78, 5) is 35.2. The Morgan fingerprint density at radius 3 is 2.47 bits per heavy atom. The molecular weight excluding hydrogens is 624 g/mol. The molecular formula is C34H39ClN6O6. The van der Waals surface area contributed by atoms with Crippen molar-refractivity contribution in [3.63, 3.8) is 0 Å². The summed E-state index contributed by atoms with van der Waals surface area (Å²) in [5.74, 6) is -0.269. The van der Waals surface area contributed by atoms with Crippen LogP contribution < -0.4 is 15.6 Å². The zero-order valence-electron chi connectivity index (χ0n) is 26.6. The molecule has 47 heavy (non-hydrogen) atoms. The molecule has 4 rings (SSSR count). The maximum Gasteiger partial charge on any atom is 0.306 e. The van der Waals surface area contributed by atoms with Gasteiger partial charge in [-0.1, -0.05) is 59.2 Å². The number of ether oxygens (including phenoxy) is 3. The zero-order chi connectivity index (χ0) is 33.9. The molecule has 0 spiro atoms. The van der Waals surface area contributed by atoms with Crippen LogP contribution in [0.3, 0.4) is 0 Å². The van der Waals surface area contributed by atoms with Gasteiger partial charge < -0.3 is 19.3 Å². The quantitative estimate of drug-likeness (QED) is 0.0440. The Balaban J connectivity index is 1.75. The molecule has 1 heterocycles. The van der Waals surface area contributed by atoms with E-state index in [4.69, 9.17) is 41.4 Å². The number of esters is 1. The number of amides is 1. The third-order valence-corrected chi connectivity index (χ3v) is 7.61. The van der Waals surface area contributed by atoms with Crippen LogP contribution in [0.2, 0.25) is 5.02 Å². The van der Waals surface area contributed by atoms with Gasteiger partial charge in [-0.05, 0) is 79.7 Å². The van der Waals surface area contributed by atoms with Gasteiger partial charge in [0.2, 0.25) is 5.90 Å². The summed E-state index contributed by atoms with van der Waals surface area (Å²) >= 11 is 6.33. The Kier molecular flexibility index (Phi) is 12.2. The number of aliphatic imine (C=N–C) groups is 1. The van der Waals surface area contributed by atoms with Crippen molar-refractivity contribution in [2.45, 2.75) is 70.4 Å². The van der Waals surface area contributed by atoms with Gasteiger partial charge in [0.05, 0.1) is 13.2 Å². The molecule has 3 aromatic rings. The summed E-state index contributed by atoms with van der Waals surface area (Å²) in [5.41, 5.74) is 15.0. The van der Waals surface area contributed by atoms with E-state index in [-0.39, 0.29) is 38.4 Å². The lowest BCUT2D eigenvalue weighted by Crippen LogP contribution is -2.53. The number of hydrogen-bond acceptors (Lipinski definition) is 9. The average molecular weight is 663 g/mol. The van der Waals surface area contributed by atoms with Crippen LogP contribution in [-0.2, 0) is 32.2 Å². The predicted molar refractivity (Wildman–Crippen MR) is 178 cm³/mol. The van der Waals surface area contributed by atoms with Crippen molar-refractivity contribution in [2.24, 2.45) is 10.1 Å². The van der Waals surface area contributed by atoms with Crippen molar-refractivity contribution in [1.29, 1.82) is 0 Å². The maximum absolute atomic E-state index is 14.4. The number of hydrazine groups is 1. The van der Waals surface area contributed by atoms with Crippen LogP contribution in [0.1, 0.15) is 68.4 Å². The largest absolute Gasteiger partial charge is 0.494 e. The van der Waals surface area contributed by atoms with Crippen molar-refractivity contribution in [2.75, 3.05) is 13.2 Å². The van der Waals surface area contributed by atoms with Gasteiger partial charge in [-0.15, -0.1) is 0 Å². The highest BCUT2D eigenvalue weighted by molar-refractivity contribution is 6.31. The van der Waals surface area contributed by atoms with Crippen molar-refractivity contribution >= 4 is 29.4 Å². The monoisotopic (exact) mass is 662 g/mol. The number of carbonyl (C=O) groups excluding carboxylic acids is 2. The number of carbonyl (C=O) groups is 2. The molecule has 12 nitrogen and oxygen atoms in total. The molecule has 0 fully saturated rings. The molecule has 3 N–H and O–H groups in total. The van der Waals surface area contributed by atoms with Gasteiger partial charge >= 0.3 is 5.97 Å². The van der Waals surface area contributed by atoms with Crippen LogP contribution in [-0.4, -0.2) is 47.2 Å². The van der Waals surface area contributed by atoms with Crippen LogP contribution in [0, 0.1) is 0 Å². The van der Waals surface area contributed by atoms with Crippen LogP contribution in [0.25, 0.3) is 10.4 Å². The van der Waals surface area contributed by atoms with Crippen molar-refractivity contribution in [3.8, 4) is 5.75 Å². The number of nitrogens with one attached hydrogen (secondary N) is 2. The SMILES string of the molecule is CC(C)(C)OC(=O)CC[C@]1(C(=O)NNCc2ccccc2Cl)N=C(c2ccc(OCCCO)cc2)O[C@H]1c1ccccc1CN=[N+]=[N-]. The molecule has 248 valence electrons. The fourth-order valence-corrected chi connectivity index (χ4v) is 5.25. The summed E-state index contributed by atoms with van der Waals surface area (Å²) in [6.45, 7) is 5.92. The lowest BCUT2D eigenvalue weighted by atomic mass is 9.82. The van der Waals surface area contributed by atoms with Gasteiger partial charge in [-0.2, -0.15) is 0 Å². The number of rotatable bonds is 15. The van der Waals surface area contributed by atoms with Gasteiger partial charge in [0.1, 0.15) is 11.4 Å². The summed E-state index contributed by atoms with van der Waals surface area (Å²) < 4.78 is 17.8. The minimum Gasteiger partial charge on any atom is -0.494 e. The van der Waals surface area contributed by atoms with E-state index in [1.54, 1.807) is 75.4 Å². The van der Waals surface area contributed by atoms with E-state index in [0.717, 1.165) is 5.56 Å². The summed E-state index contributed by atoms with van der Waals surface area (Å²) in [5, 5.41) is 13.3. The molecule has 0 bridgehead atoms. The number of aliphatic hydroxyl groups excluding tert-OH is 1. The molecule has 1 aliphatic heterocycles. The van der Waals surface area contributed by atoms with Crippen LogP contribution in [0.4, 0.5) is 0 Å². The molecule has 0 unspecified atom stereocenters. The van der Waals surface area contributed by atoms with Gasteiger partial charge in [0, 0.05) is 41.5 Å². The summed E-state index contributed by atoms with van der Waals surface area (Å²) in [6.07, 6.45) is -0.711. The van der Waals surface area contributed by atoms with Gasteiger partial charge in [-0.25, -0.2) is 10.4 Å². The Morgan fingerprint density at radius 1 is 1.09 bits per heavy atom. The van der Waals surface area contributed by atoms with Crippen molar-refractivity contribution in [1.82, 2.24) is 10.9 Å². The highest BCUT2D eigenvalue weighted by Crippen LogP contribution is 2.44. The van der Waals surface area contributed by atoms with Gasteiger partial charge in [0.15, 0.2) is 11.6 Å². The Hall–Kier alpha value is -4.61. The first kappa shape index (κ1) is 35.2. The van der Waals surface area contributed by atoms with E-state index in [2.05, 4.69) is 20.9 Å². The molecule has 1 amide bonds. The number of benzene rings is 3. The molecule has 0 saturated heterocycles. The van der Waals surface area contributed by atoms with Crippen LogP contribution in [0.5, 0.6) is 5.75 Å². The highest BCUT2D eigenvalue weighted by Gasteiger charge is 2.54. The lowest BCUT2D eigenvalue weighted by molar-refractivity contribution is -0.155. The van der Waals surface area contributed by atoms with E-state index in [0.29, 0.717) is 40.5 Å². The Bertz CT molecular complexity index is 1620. The van der Waals surface area contributed by atoms with Gasteiger partial charge in [-0.3, -0.25) is 15.0 Å². The minimum atomic E-state index is -1.65. The molecule has 0 aliphatic carbocycles. The van der Waals surface area contributed by atoms with Crippen molar-refractivity contribution < 1.29 is 28.9 Å². The second kappa shape index (κ2) is 16.3. The zero-order valence-corrected chi connectivity index (χ0v) is 27.4. The first-order valence-electron chi connectivity index (χ1n) is 15.2. The second-order valence-corrected chi connectivity index (χ2v) is 12.3. The third kappa shape index (κ3) is 9.46. The molecule has 13 heteroatoms. The van der Waals surface area contributed by atoms with E-state index in [1.807, 2.05) is 18.2 Å². The molecule has 0 saturated carbocycles. The number of aliphatic hydroxyl groups is 1. The van der Waals surface area contributed by atoms with E-state index in [1.165, 1.54) is 0 Å². The highest BCUT2D eigenvalue weighted by atomic mass is 35.5.